The topological polar surface area (TPSA) is 89.5 Å². The van der Waals surface area contributed by atoms with Gasteiger partial charge in [-0.15, -0.1) is 0 Å². The number of hydrogen-bond donors (Lipinski definition) is 0. The largest absolute Gasteiger partial charge is 1.00 e. The Morgan fingerprint density at radius 2 is 1.53 bits per heavy atom. The smallest absolute Gasteiger partial charge is 0.790 e. The number of carbonyl (C=O) groups excluding carboxylic acids is 1. The fourth-order valence-corrected chi connectivity index (χ4v) is 9.14. The number of phosphoric ester groups is 1. The van der Waals surface area contributed by atoms with E-state index >= 15 is 0 Å². The van der Waals surface area contributed by atoms with Crippen molar-refractivity contribution in [1.82, 2.24) is 0 Å². The SMILES string of the molecule is CC(=O)[C@H]1CCC2C3CCC4C[C@](C)(OP(=O)([O-])[O-])CC[C@]4(C)C3CC[C@@]21C.[Na+].[Na+]. The van der Waals surface area contributed by atoms with E-state index in [1.165, 1.54) is 12.8 Å². The number of hydrogen-bond acceptors (Lipinski definition) is 5. The second-order valence-corrected chi connectivity index (χ2v) is 12.2. The molecule has 0 bridgehead atoms. The Kier molecular flexibility index (Phi) is 8.82. The van der Waals surface area contributed by atoms with Gasteiger partial charge in [0.15, 0.2) is 0 Å². The molecule has 0 N–H and O–H groups in total. The van der Waals surface area contributed by atoms with Gasteiger partial charge in [-0.25, -0.2) is 0 Å². The fraction of sp³-hybridized carbons (Fsp3) is 0.955. The van der Waals surface area contributed by atoms with Crippen molar-refractivity contribution in [2.75, 3.05) is 0 Å². The normalized spacial score (nSPS) is 47.7. The summed E-state index contributed by atoms with van der Waals surface area (Å²) in [6, 6.07) is 0. The van der Waals surface area contributed by atoms with Crippen LogP contribution < -0.4 is 68.9 Å². The van der Waals surface area contributed by atoms with Crippen LogP contribution in [-0.2, 0) is 13.9 Å². The molecule has 0 aromatic carbocycles. The molecule has 0 saturated heterocycles. The second kappa shape index (κ2) is 9.44. The van der Waals surface area contributed by atoms with Gasteiger partial charge in [-0.1, -0.05) is 13.8 Å². The summed E-state index contributed by atoms with van der Waals surface area (Å²) in [5.74, 6) is 2.98. The summed E-state index contributed by atoms with van der Waals surface area (Å²) in [5, 5.41) is 0. The maximum absolute atomic E-state index is 12.3. The van der Waals surface area contributed by atoms with Gasteiger partial charge in [0.2, 0.25) is 0 Å². The first-order chi connectivity index (χ1) is 12.9. The number of ketones is 1. The average Bonchev–Trinajstić information content (AvgIpc) is 2.91. The Morgan fingerprint density at radius 3 is 2.13 bits per heavy atom. The van der Waals surface area contributed by atoms with E-state index in [9.17, 15) is 19.1 Å². The number of phosphoric acid groups is 1. The third kappa shape index (κ3) is 4.79. The van der Waals surface area contributed by atoms with Crippen molar-refractivity contribution in [2.24, 2.45) is 40.4 Å². The molecule has 5 nitrogen and oxygen atoms in total. The predicted octanol–water partition coefficient (Wildman–Crippen LogP) is -2.15. The maximum atomic E-state index is 12.3. The molecule has 0 aliphatic heterocycles. The molecule has 0 amide bonds. The first-order valence-corrected chi connectivity index (χ1v) is 12.6. The molecule has 160 valence electrons. The van der Waals surface area contributed by atoms with Crippen molar-refractivity contribution in [3.05, 3.63) is 0 Å². The van der Waals surface area contributed by atoms with Crippen molar-refractivity contribution in [1.29, 1.82) is 0 Å². The molecule has 4 aliphatic carbocycles. The van der Waals surface area contributed by atoms with Crippen molar-refractivity contribution in [3.8, 4) is 0 Å². The van der Waals surface area contributed by atoms with Gasteiger partial charge in [-0.2, -0.15) is 0 Å². The van der Waals surface area contributed by atoms with Crippen LogP contribution >= 0.6 is 7.82 Å². The van der Waals surface area contributed by atoms with E-state index in [4.69, 9.17) is 4.52 Å². The molecule has 0 radical (unpaired) electrons. The van der Waals surface area contributed by atoms with Crippen molar-refractivity contribution in [2.45, 2.75) is 91.1 Å². The molecule has 4 unspecified atom stereocenters. The standard InChI is InChI=1S/C22H37O5P.2Na/c1-14(23)17-7-8-18-16-6-5-15-13-20(2,27-28(24,25)26)11-12-21(15,3)19(16)9-10-22(17,18)4;;/h15-19H,5-13H2,1-4H3,(H2,24,25,26);;/q;2*+1/p-2/t15?,16?,17-,18?,19?,20-,21+,22-;;/m1../s1. The Hall–Kier alpha value is 1.78. The van der Waals surface area contributed by atoms with E-state index in [0.29, 0.717) is 42.3 Å². The van der Waals surface area contributed by atoms with E-state index in [1.54, 1.807) is 13.8 Å². The first-order valence-electron chi connectivity index (χ1n) is 11.1. The van der Waals surface area contributed by atoms with Crippen molar-refractivity contribution >= 4 is 13.6 Å². The zero-order chi connectivity index (χ0) is 20.5. The van der Waals surface area contributed by atoms with Gasteiger partial charge in [0.25, 0.3) is 0 Å². The van der Waals surface area contributed by atoms with Crippen LogP contribution in [-0.4, -0.2) is 11.4 Å². The van der Waals surface area contributed by atoms with E-state index in [0.717, 1.165) is 32.1 Å². The zero-order valence-corrected chi connectivity index (χ0v) is 24.6. The average molecular weight is 456 g/mol. The van der Waals surface area contributed by atoms with E-state index in [1.807, 2.05) is 0 Å². The number of carbonyl (C=O) groups is 1. The summed E-state index contributed by atoms with van der Waals surface area (Å²) in [6.07, 6.45) is 9.01. The van der Waals surface area contributed by atoms with Crippen LogP contribution in [0, 0.1) is 40.4 Å². The molecule has 4 aliphatic rings. The molecular weight excluding hydrogens is 421 g/mol. The van der Waals surface area contributed by atoms with Gasteiger partial charge in [0, 0.05) is 5.92 Å². The molecule has 0 spiro atoms. The van der Waals surface area contributed by atoms with Crippen LogP contribution in [0.1, 0.15) is 85.5 Å². The van der Waals surface area contributed by atoms with Crippen molar-refractivity contribution in [3.63, 3.8) is 0 Å². The van der Waals surface area contributed by atoms with Gasteiger partial charge in [-0.3, -0.25) is 4.79 Å². The summed E-state index contributed by atoms with van der Waals surface area (Å²) in [7, 11) is -4.97. The third-order valence-electron chi connectivity index (χ3n) is 9.76. The number of Topliss-reactive ketones (excluding diaryl/α,β-unsaturated/α-hetero) is 1. The molecule has 0 aromatic rings. The Morgan fingerprint density at radius 1 is 0.900 bits per heavy atom. The van der Waals surface area contributed by atoms with Crippen molar-refractivity contribution < 1.29 is 82.8 Å². The van der Waals surface area contributed by atoms with E-state index in [-0.39, 0.29) is 75.9 Å². The zero-order valence-electron chi connectivity index (χ0n) is 19.7. The summed E-state index contributed by atoms with van der Waals surface area (Å²) < 4.78 is 16.3. The van der Waals surface area contributed by atoms with Crippen LogP contribution in [0.25, 0.3) is 0 Å². The van der Waals surface area contributed by atoms with Crippen LogP contribution in [0.15, 0.2) is 0 Å². The minimum atomic E-state index is -4.97. The first kappa shape index (κ1) is 28.0. The quantitative estimate of drug-likeness (QED) is 0.357. The molecule has 30 heavy (non-hydrogen) atoms. The predicted molar refractivity (Wildman–Crippen MR) is 103 cm³/mol. The van der Waals surface area contributed by atoms with E-state index in [2.05, 4.69) is 13.8 Å². The molecule has 4 saturated carbocycles. The number of fused-ring (bicyclic) bond motifs is 5. The third-order valence-corrected chi connectivity index (χ3v) is 10.4. The summed E-state index contributed by atoms with van der Waals surface area (Å²) in [4.78, 5) is 34.7. The summed E-state index contributed by atoms with van der Waals surface area (Å²) in [5.41, 5.74) is -0.482. The molecule has 0 heterocycles. The molecule has 0 aromatic heterocycles. The van der Waals surface area contributed by atoms with Crippen LogP contribution in [0.4, 0.5) is 0 Å². The van der Waals surface area contributed by atoms with Gasteiger partial charge < -0.3 is 18.9 Å². The minimum absolute atomic E-state index is 0. The molecule has 8 heteroatoms. The molecule has 4 fully saturated rings. The Balaban J connectivity index is 0.00000160. The van der Waals surface area contributed by atoms with Gasteiger partial charge >= 0.3 is 59.1 Å². The molecule has 4 rings (SSSR count). The minimum Gasteiger partial charge on any atom is -0.790 e. The summed E-state index contributed by atoms with van der Waals surface area (Å²) >= 11 is 0. The fourth-order valence-electron chi connectivity index (χ4n) is 8.44. The Bertz CT molecular complexity index is 714. The summed E-state index contributed by atoms with van der Waals surface area (Å²) in [6.45, 7) is 8.35. The second-order valence-electron chi connectivity index (χ2n) is 11.1. The Labute approximate surface area is 226 Å². The van der Waals surface area contributed by atoms with Gasteiger partial charge in [0.05, 0.1) is 13.4 Å². The number of rotatable bonds is 3. The van der Waals surface area contributed by atoms with E-state index < -0.39 is 13.4 Å². The monoisotopic (exact) mass is 456 g/mol. The van der Waals surface area contributed by atoms with Crippen LogP contribution in [0.5, 0.6) is 0 Å². The van der Waals surface area contributed by atoms with Crippen LogP contribution in [0.3, 0.4) is 0 Å². The van der Waals surface area contributed by atoms with Gasteiger partial charge in [-0.05, 0) is 106 Å². The molecule has 8 atom stereocenters. The van der Waals surface area contributed by atoms with Crippen LogP contribution in [0.2, 0.25) is 0 Å². The molecular formula is C22H35Na2O5P. The maximum Gasteiger partial charge on any atom is 1.00 e. The van der Waals surface area contributed by atoms with Gasteiger partial charge in [0.1, 0.15) is 5.78 Å².